The van der Waals surface area contributed by atoms with Crippen LogP contribution in [-0.4, -0.2) is 37.0 Å². The third kappa shape index (κ3) is 3.25. The molecule has 0 radical (unpaired) electrons. The van der Waals surface area contributed by atoms with Crippen LogP contribution in [0.4, 0.5) is 0 Å². The van der Waals surface area contributed by atoms with Gasteiger partial charge in [0.15, 0.2) is 0 Å². The Morgan fingerprint density at radius 3 is 2.40 bits per heavy atom. The first kappa shape index (κ1) is 15.1. The quantitative estimate of drug-likeness (QED) is 0.901. The number of methoxy groups -OCH3 is 1. The Bertz CT molecular complexity index is 455. The first-order valence-corrected chi connectivity index (χ1v) is 6.92. The Hall–Kier alpha value is -1.26. The van der Waals surface area contributed by atoms with Gasteiger partial charge in [0, 0.05) is 25.7 Å². The van der Waals surface area contributed by atoms with E-state index in [4.69, 9.17) is 4.74 Å². The number of amides is 1. The summed E-state index contributed by atoms with van der Waals surface area (Å²) < 4.78 is 5.16. The van der Waals surface area contributed by atoms with Crippen LogP contribution in [0.2, 0.25) is 0 Å². The minimum absolute atomic E-state index is 0. The van der Waals surface area contributed by atoms with Gasteiger partial charge in [-0.2, -0.15) is 0 Å². The third-order valence-corrected chi connectivity index (χ3v) is 3.91. The number of benzene rings is 1. The van der Waals surface area contributed by atoms with Crippen LogP contribution in [-0.2, 0) is 11.3 Å². The topological polar surface area (TPSA) is 41.6 Å². The molecule has 1 aromatic rings. The number of nitrogens with zero attached hydrogens (tertiary/aromatic N) is 1. The van der Waals surface area contributed by atoms with Gasteiger partial charge in [-0.15, -0.1) is 12.4 Å². The zero-order valence-corrected chi connectivity index (χ0v) is 12.5. The molecule has 0 atom stereocenters. The van der Waals surface area contributed by atoms with Crippen LogP contribution in [0, 0.1) is 5.92 Å². The predicted molar refractivity (Wildman–Crippen MR) is 80.2 cm³/mol. The molecule has 0 unspecified atom stereocenters. The van der Waals surface area contributed by atoms with Gasteiger partial charge in [0.2, 0.25) is 5.91 Å². The average molecular weight is 297 g/mol. The van der Waals surface area contributed by atoms with Crippen molar-refractivity contribution < 1.29 is 9.53 Å². The van der Waals surface area contributed by atoms with Crippen molar-refractivity contribution in [2.45, 2.75) is 25.4 Å². The summed E-state index contributed by atoms with van der Waals surface area (Å²) in [4.78, 5) is 14.5. The summed E-state index contributed by atoms with van der Waals surface area (Å²) >= 11 is 0. The van der Waals surface area contributed by atoms with Crippen LogP contribution in [0.1, 0.15) is 18.4 Å². The van der Waals surface area contributed by atoms with E-state index in [1.54, 1.807) is 7.11 Å². The normalized spacial score (nSPS) is 17.9. The molecule has 110 valence electrons. The van der Waals surface area contributed by atoms with E-state index in [-0.39, 0.29) is 18.3 Å². The lowest BCUT2D eigenvalue weighted by molar-refractivity contribution is -0.138. The van der Waals surface area contributed by atoms with Gasteiger partial charge in [0.25, 0.3) is 0 Å². The number of hydrogen-bond donors (Lipinski definition) is 1. The third-order valence-electron chi connectivity index (χ3n) is 3.91. The van der Waals surface area contributed by atoms with Crippen LogP contribution in [0.15, 0.2) is 24.3 Å². The van der Waals surface area contributed by atoms with Crippen molar-refractivity contribution in [1.29, 1.82) is 0 Å². The van der Waals surface area contributed by atoms with Gasteiger partial charge in [-0.1, -0.05) is 12.1 Å². The fraction of sp³-hybridized carbons (Fsp3) is 0.533. The van der Waals surface area contributed by atoms with E-state index in [1.165, 1.54) is 5.56 Å². The van der Waals surface area contributed by atoms with E-state index < -0.39 is 0 Å². The van der Waals surface area contributed by atoms with E-state index in [1.807, 2.05) is 24.3 Å². The van der Waals surface area contributed by atoms with Crippen LogP contribution in [0.25, 0.3) is 0 Å². The highest BCUT2D eigenvalue weighted by Crippen LogP contribution is 2.30. The second-order valence-electron chi connectivity index (χ2n) is 5.40. The second-order valence-corrected chi connectivity index (χ2v) is 5.40. The maximum absolute atomic E-state index is 12.4. The van der Waals surface area contributed by atoms with E-state index >= 15 is 0 Å². The molecule has 1 saturated heterocycles. The molecular formula is C15H21ClN2O2. The van der Waals surface area contributed by atoms with Crippen molar-refractivity contribution in [1.82, 2.24) is 10.2 Å². The molecule has 3 rings (SSSR count). The SMILES string of the molecule is COc1ccc(CN(C(=O)C2CNC2)C2CC2)cc1.Cl. The Morgan fingerprint density at radius 2 is 1.95 bits per heavy atom. The van der Waals surface area contributed by atoms with Crippen LogP contribution in [0.3, 0.4) is 0 Å². The number of nitrogens with one attached hydrogen (secondary N) is 1. The molecule has 0 spiro atoms. The van der Waals surface area contributed by atoms with Crippen LogP contribution in [0.5, 0.6) is 5.75 Å². The molecule has 1 heterocycles. The number of hydrogen-bond acceptors (Lipinski definition) is 3. The molecule has 2 fully saturated rings. The van der Waals surface area contributed by atoms with Gasteiger partial charge in [0.05, 0.1) is 13.0 Å². The van der Waals surface area contributed by atoms with Crippen molar-refractivity contribution in [2.24, 2.45) is 5.92 Å². The van der Waals surface area contributed by atoms with E-state index in [9.17, 15) is 4.79 Å². The lowest BCUT2D eigenvalue weighted by atomic mass is 10.0. The summed E-state index contributed by atoms with van der Waals surface area (Å²) in [6.45, 7) is 2.40. The zero-order chi connectivity index (χ0) is 13.2. The standard InChI is InChI=1S/C15H20N2O2.ClH/c1-19-14-6-2-11(3-7-14)10-17(13-4-5-13)15(18)12-8-16-9-12;/h2-3,6-7,12-13,16H,4-5,8-10H2,1H3;1H. The highest BCUT2D eigenvalue weighted by atomic mass is 35.5. The van der Waals surface area contributed by atoms with Gasteiger partial charge in [-0.25, -0.2) is 0 Å². The maximum atomic E-state index is 12.4. The van der Waals surface area contributed by atoms with E-state index in [0.29, 0.717) is 11.9 Å². The van der Waals surface area contributed by atoms with Gasteiger partial charge in [0.1, 0.15) is 5.75 Å². The average Bonchev–Trinajstić information content (AvgIpc) is 3.18. The minimum Gasteiger partial charge on any atom is -0.497 e. The molecule has 20 heavy (non-hydrogen) atoms. The van der Waals surface area contributed by atoms with Crippen LogP contribution < -0.4 is 10.1 Å². The molecule has 1 aliphatic heterocycles. The maximum Gasteiger partial charge on any atom is 0.228 e. The van der Waals surface area contributed by atoms with Crippen molar-refractivity contribution >= 4 is 18.3 Å². The zero-order valence-electron chi connectivity index (χ0n) is 11.7. The first-order valence-electron chi connectivity index (χ1n) is 6.92. The Labute approximate surface area is 125 Å². The second kappa shape index (κ2) is 6.46. The van der Waals surface area contributed by atoms with Gasteiger partial charge in [-0.05, 0) is 30.5 Å². The number of carbonyl (C=O) groups excluding carboxylic acids is 1. The highest BCUT2D eigenvalue weighted by Gasteiger charge is 2.37. The summed E-state index contributed by atoms with van der Waals surface area (Å²) in [5.41, 5.74) is 1.17. The Balaban J connectivity index is 0.00000147. The minimum atomic E-state index is 0. The number of halogens is 1. The Kier molecular flexibility index (Phi) is 4.89. The number of ether oxygens (including phenoxy) is 1. The number of rotatable bonds is 5. The molecule has 1 saturated carbocycles. The summed E-state index contributed by atoms with van der Waals surface area (Å²) in [6.07, 6.45) is 2.31. The molecule has 0 aromatic heterocycles. The molecule has 0 bridgehead atoms. The first-order chi connectivity index (χ1) is 9.28. The van der Waals surface area contributed by atoms with Crippen molar-refractivity contribution in [3.63, 3.8) is 0 Å². The monoisotopic (exact) mass is 296 g/mol. The van der Waals surface area contributed by atoms with Crippen LogP contribution >= 0.6 is 12.4 Å². The molecule has 1 amide bonds. The summed E-state index contributed by atoms with van der Waals surface area (Å²) in [5.74, 6) is 1.37. The highest BCUT2D eigenvalue weighted by molar-refractivity contribution is 5.85. The van der Waals surface area contributed by atoms with Crippen molar-refractivity contribution in [3.8, 4) is 5.75 Å². The summed E-state index contributed by atoms with van der Waals surface area (Å²) in [6, 6.07) is 8.46. The lowest BCUT2D eigenvalue weighted by Gasteiger charge is -2.32. The summed E-state index contributed by atoms with van der Waals surface area (Å²) in [5, 5.41) is 3.17. The molecule has 1 aliphatic carbocycles. The van der Waals surface area contributed by atoms with Crippen molar-refractivity contribution in [2.75, 3.05) is 20.2 Å². The fourth-order valence-corrected chi connectivity index (χ4v) is 2.40. The molecular weight excluding hydrogens is 276 g/mol. The smallest absolute Gasteiger partial charge is 0.228 e. The summed E-state index contributed by atoms with van der Waals surface area (Å²) in [7, 11) is 1.67. The lowest BCUT2D eigenvalue weighted by Crippen LogP contribution is -2.52. The predicted octanol–water partition coefficient (Wildman–Crippen LogP) is 1.83. The van der Waals surface area contributed by atoms with Gasteiger partial charge >= 0.3 is 0 Å². The molecule has 4 nitrogen and oxygen atoms in total. The Morgan fingerprint density at radius 1 is 1.30 bits per heavy atom. The molecule has 2 aliphatic rings. The molecule has 1 aromatic carbocycles. The fourth-order valence-electron chi connectivity index (χ4n) is 2.40. The van der Waals surface area contributed by atoms with Gasteiger partial charge < -0.3 is 15.0 Å². The van der Waals surface area contributed by atoms with E-state index in [0.717, 1.165) is 38.2 Å². The number of carbonyl (C=O) groups is 1. The molecule has 1 N–H and O–H groups in total. The van der Waals surface area contributed by atoms with E-state index in [2.05, 4.69) is 10.2 Å². The largest absolute Gasteiger partial charge is 0.497 e. The molecule has 5 heteroatoms. The van der Waals surface area contributed by atoms with Crippen molar-refractivity contribution in [3.05, 3.63) is 29.8 Å². The van der Waals surface area contributed by atoms with Gasteiger partial charge in [-0.3, -0.25) is 4.79 Å².